The number of halogens is 3. The second-order valence-corrected chi connectivity index (χ2v) is 1.98. The number of hydrogen-bond donors (Lipinski definition) is 0. The Balaban J connectivity index is -0.0000000150. The molecule has 0 aliphatic heterocycles. The van der Waals surface area contributed by atoms with Gasteiger partial charge in [-0.2, -0.15) is 0 Å². The van der Waals surface area contributed by atoms with Gasteiger partial charge in [-0.05, 0) is 0 Å². The maximum absolute atomic E-state index is 2.20. The molecule has 0 aromatic heterocycles. The molecule has 0 radical (unpaired) electrons. The van der Waals surface area contributed by atoms with E-state index in [4.69, 9.17) is 0 Å². The SMILES string of the molecule is Br.Br.Br.CC[CH2][Zr]. The van der Waals surface area contributed by atoms with Gasteiger partial charge in [0.15, 0.2) is 0 Å². The van der Waals surface area contributed by atoms with Crippen molar-refractivity contribution in [3.05, 3.63) is 0 Å². The quantitative estimate of drug-likeness (QED) is 0.659. The van der Waals surface area contributed by atoms with Gasteiger partial charge in [0.05, 0.1) is 0 Å². The summed E-state index contributed by atoms with van der Waals surface area (Å²) in [6, 6.07) is 0. The molecular weight excluding hydrogens is 367 g/mol. The molecule has 0 aliphatic carbocycles. The summed E-state index contributed by atoms with van der Waals surface area (Å²) >= 11 is 1.67. The fourth-order valence-electron chi connectivity index (χ4n) is 0. The normalized spacial score (nSPS) is 4.00. The van der Waals surface area contributed by atoms with Crippen molar-refractivity contribution < 1.29 is 24.7 Å². The van der Waals surface area contributed by atoms with E-state index in [-0.39, 0.29) is 50.9 Å². The Hall–Kier alpha value is 2.32. The van der Waals surface area contributed by atoms with Crippen LogP contribution in [0.25, 0.3) is 0 Å². The van der Waals surface area contributed by atoms with E-state index in [1.165, 1.54) is 10.5 Å². The molecule has 0 N–H and O–H groups in total. The molecule has 0 nitrogen and oxygen atoms in total. The second kappa shape index (κ2) is 23.9. The molecule has 0 fully saturated rings. The van der Waals surface area contributed by atoms with Gasteiger partial charge in [-0.3, -0.25) is 0 Å². The Morgan fingerprint density at radius 1 is 1.14 bits per heavy atom. The van der Waals surface area contributed by atoms with Crippen molar-refractivity contribution >= 4 is 50.9 Å². The van der Waals surface area contributed by atoms with Crippen molar-refractivity contribution in [3.8, 4) is 0 Å². The first kappa shape index (κ1) is 22.8. The molecule has 0 unspecified atom stereocenters. The minimum absolute atomic E-state index is 0. The van der Waals surface area contributed by atoms with E-state index in [2.05, 4.69) is 6.92 Å². The van der Waals surface area contributed by atoms with Crippen LogP contribution in [-0.4, -0.2) is 0 Å². The third-order valence-corrected chi connectivity index (χ3v) is 1.48. The predicted octanol–water partition coefficient (Wildman–Crippen LogP) is 3.10. The van der Waals surface area contributed by atoms with Crippen LogP contribution in [0.2, 0.25) is 4.13 Å². The molecule has 0 bridgehead atoms. The average Bonchev–Trinajstić information content (AvgIpc) is 1.37. The summed E-state index contributed by atoms with van der Waals surface area (Å²) in [5.74, 6) is 0. The van der Waals surface area contributed by atoms with Crippen LogP contribution in [0.1, 0.15) is 13.3 Å². The predicted molar refractivity (Wildman–Crippen MR) is 46.1 cm³/mol. The summed E-state index contributed by atoms with van der Waals surface area (Å²) in [5, 5.41) is 0. The summed E-state index contributed by atoms with van der Waals surface area (Å²) in [6.07, 6.45) is 1.36. The van der Waals surface area contributed by atoms with Gasteiger partial charge >= 0.3 is 42.2 Å². The average molecular weight is 377 g/mol. The van der Waals surface area contributed by atoms with Gasteiger partial charge in [-0.1, -0.05) is 0 Å². The zero-order valence-electron chi connectivity index (χ0n) is 4.14. The van der Waals surface area contributed by atoms with Crippen molar-refractivity contribution in [2.45, 2.75) is 17.5 Å². The molecule has 0 aliphatic rings. The van der Waals surface area contributed by atoms with Crippen LogP contribution in [0.5, 0.6) is 0 Å². The number of hydrogen-bond acceptors (Lipinski definition) is 0. The Morgan fingerprint density at radius 2 is 1.29 bits per heavy atom. The van der Waals surface area contributed by atoms with Gasteiger partial charge in [-0.25, -0.2) is 0 Å². The second-order valence-electron chi connectivity index (χ2n) is 0.750. The maximum atomic E-state index is 2.20. The zero-order valence-corrected chi connectivity index (χ0v) is 11.7. The fourth-order valence-corrected chi connectivity index (χ4v) is 0. The van der Waals surface area contributed by atoms with E-state index < -0.39 is 0 Å². The summed E-state index contributed by atoms with van der Waals surface area (Å²) in [5.41, 5.74) is 0. The molecule has 0 aromatic carbocycles. The van der Waals surface area contributed by atoms with Gasteiger partial charge in [0, 0.05) is 0 Å². The molecular formula is C3H10Br3Zr. The van der Waals surface area contributed by atoms with Crippen LogP contribution in [0, 0.1) is 0 Å². The standard InChI is InChI=1S/C3H7.3BrH.Zr/c1-3-2;;;;/h1,3H2,2H3;3*1H;. The molecule has 0 atom stereocenters. The number of rotatable bonds is 1. The molecule has 0 aromatic rings. The molecule has 47 valence electrons. The molecule has 7 heavy (non-hydrogen) atoms. The first-order chi connectivity index (χ1) is 1.91. The topological polar surface area (TPSA) is 0 Å². The van der Waals surface area contributed by atoms with Crippen LogP contribution in [0.3, 0.4) is 0 Å². The van der Waals surface area contributed by atoms with Crippen molar-refractivity contribution in [2.24, 2.45) is 0 Å². The van der Waals surface area contributed by atoms with Gasteiger partial charge < -0.3 is 0 Å². The van der Waals surface area contributed by atoms with Crippen LogP contribution in [0.4, 0.5) is 0 Å². The van der Waals surface area contributed by atoms with Gasteiger partial charge in [0.1, 0.15) is 0 Å². The van der Waals surface area contributed by atoms with E-state index in [9.17, 15) is 0 Å². The molecule has 0 saturated carbocycles. The summed E-state index contributed by atoms with van der Waals surface area (Å²) in [4.78, 5) is 0. The summed E-state index contributed by atoms with van der Waals surface area (Å²) in [7, 11) is 0. The molecule has 0 rings (SSSR count). The van der Waals surface area contributed by atoms with Crippen molar-refractivity contribution in [1.82, 2.24) is 0 Å². The summed E-state index contributed by atoms with van der Waals surface area (Å²) < 4.78 is 1.41. The van der Waals surface area contributed by atoms with E-state index in [1.54, 1.807) is 24.7 Å². The van der Waals surface area contributed by atoms with Crippen molar-refractivity contribution in [1.29, 1.82) is 0 Å². The molecule has 0 amide bonds. The van der Waals surface area contributed by atoms with E-state index in [1.807, 2.05) is 0 Å². The monoisotopic (exact) mass is 373 g/mol. The third kappa shape index (κ3) is 30.1. The summed E-state index contributed by atoms with van der Waals surface area (Å²) in [6.45, 7) is 2.20. The third-order valence-electron chi connectivity index (χ3n) is 0.250. The first-order valence-electron chi connectivity index (χ1n) is 1.56. The van der Waals surface area contributed by atoms with Crippen LogP contribution >= 0.6 is 50.9 Å². The van der Waals surface area contributed by atoms with Gasteiger partial charge in [0.25, 0.3) is 0 Å². The molecule has 4 heteroatoms. The van der Waals surface area contributed by atoms with E-state index in [0.717, 1.165) is 0 Å². The Kier molecular flexibility index (Phi) is 77.8. The fraction of sp³-hybridized carbons (Fsp3) is 1.00. The van der Waals surface area contributed by atoms with Crippen molar-refractivity contribution in [3.63, 3.8) is 0 Å². The Morgan fingerprint density at radius 3 is 1.29 bits per heavy atom. The van der Waals surface area contributed by atoms with Crippen LogP contribution in [0.15, 0.2) is 0 Å². The Bertz CT molecular complexity index is 12.1. The van der Waals surface area contributed by atoms with Crippen LogP contribution in [-0.2, 0) is 24.7 Å². The Labute approximate surface area is 92.0 Å². The van der Waals surface area contributed by atoms with Crippen LogP contribution < -0.4 is 0 Å². The first-order valence-corrected chi connectivity index (χ1v) is 3.30. The van der Waals surface area contributed by atoms with Crippen molar-refractivity contribution in [2.75, 3.05) is 0 Å². The van der Waals surface area contributed by atoms with E-state index in [0.29, 0.717) is 0 Å². The molecule has 0 spiro atoms. The zero-order chi connectivity index (χ0) is 3.41. The van der Waals surface area contributed by atoms with E-state index >= 15 is 0 Å². The van der Waals surface area contributed by atoms with Gasteiger partial charge in [-0.15, -0.1) is 50.9 Å². The minimum atomic E-state index is 0. The molecule has 0 saturated heterocycles. The molecule has 0 heterocycles. The van der Waals surface area contributed by atoms with Gasteiger partial charge in [0.2, 0.25) is 0 Å².